The van der Waals surface area contributed by atoms with Crippen molar-refractivity contribution in [3.8, 4) is 0 Å². The fraction of sp³-hybridized carbons (Fsp3) is 0. The van der Waals surface area contributed by atoms with Crippen LogP contribution < -0.4 is 0 Å². The zero-order valence-corrected chi connectivity index (χ0v) is 13.0. The van der Waals surface area contributed by atoms with Crippen LogP contribution in [0.2, 0.25) is 0 Å². The molecule has 4 nitrogen and oxygen atoms in total. The van der Waals surface area contributed by atoms with Gasteiger partial charge in [-0.05, 0) is 11.1 Å². The molecule has 2 aromatic rings. The van der Waals surface area contributed by atoms with E-state index < -0.39 is 19.7 Å². The molecule has 0 bridgehead atoms. The summed E-state index contributed by atoms with van der Waals surface area (Å²) in [5, 5.41) is 1.67. The Kier molecular flexibility index (Phi) is 3.50. The molecule has 1 aliphatic heterocycles. The third kappa shape index (κ3) is 2.63. The van der Waals surface area contributed by atoms with Crippen LogP contribution >= 0.6 is 0 Å². The number of sulfone groups is 2. The molecule has 22 heavy (non-hydrogen) atoms. The summed E-state index contributed by atoms with van der Waals surface area (Å²) < 4.78 is 49.8. The topological polar surface area (TPSA) is 68.3 Å². The van der Waals surface area contributed by atoms with E-state index in [0.29, 0.717) is 11.1 Å². The van der Waals surface area contributed by atoms with E-state index in [1.54, 1.807) is 60.7 Å². The van der Waals surface area contributed by atoms with Gasteiger partial charge in [0.2, 0.25) is 19.7 Å². The maximum atomic E-state index is 12.4. The van der Waals surface area contributed by atoms with E-state index in [4.69, 9.17) is 0 Å². The maximum Gasteiger partial charge on any atom is 0.202 e. The highest BCUT2D eigenvalue weighted by molar-refractivity contribution is 8.11. The molecule has 1 heterocycles. The molecule has 1 aliphatic rings. The summed E-state index contributed by atoms with van der Waals surface area (Å²) in [5.74, 6) is 0. The lowest BCUT2D eigenvalue weighted by Gasteiger charge is -2.15. The monoisotopic (exact) mass is 332 g/mol. The van der Waals surface area contributed by atoms with Crippen molar-refractivity contribution in [2.75, 3.05) is 0 Å². The molecular weight excluding hydrogens is 320 g/mol. The van der Waals surface area contributed by atoms with E-state index in [1.807, 2.05) is 0 Å². The highest BCUT2D eigenvalue weighted by Crippen LogP contribution is 2.35. The molecule has 0 saturated carbocycles. The van der Waals surface area contributed by atoms with E-state index in [9.17, 15) is 16.8 Å². The molecule has 2 aromatic carbocycles. The summed E-state index contributed by atoms with van der Waals surface area (Å²) in [6, 6.07) is 16.4. The predicted molar refractivity (Wildman–Crippen MR) is 86.7 cm³/mol. The van der Waals surface area contributed by atoms with Gasteiger partial charge in [0, 0.05) is 0 Å². The van der Waals surface area contributed by atoms with Crippen molar-refractivity contribution in [3.63, 3.8) is 0 Å². The Bertz CT molecular complexity index is 885. The smallest absolute Gasteiger partial charge is 0.202 e. The lowest BCUT2D eigenvalue weighted by molar-refractivity contribution is 0.608. The average molecular weight is 332 g/mol. The summed E-state index contributed by atoms with van der Waals surface area (Å²) >= 11 is 0. The zero-order valence-electron chi connectivity index (χ0n) is 11.4. The van der Waals surface area contributed by atoms with Crippen LogP contribution in [-0.2, 0) is 19.7 Å². The molecule has 0 aromatic heterocycles. The van der Waals surface area contributed by atoms with Crippen LogP contribution in [0.1, 0.15) is 11.1 Å². The predicted octanol–water partition coefficient (Wildman–Crippen LogP) is 2.83. The van der Waals surface area contributed by atoms with Crippen LogP contribution in [0.5, 0.6) is 0 Å². The summed E-state index contributed by atoms with van der Waals surface area (Å²) in [6.45, 7) is 0. The molecule has 0 spiro atoms. The summed E-state index contributed by atoms with van der Waals surface area (Å²) in [5.41, 5.74) is 0.712. The number of hydrogen-bond acceptors (Lipinski definition) is 4. The van der Waals surface area contributed by atoms with Crippen LogP contribution in [-0.4, -0.2) is 16.8 Å². The Labute approximate surface area is 129 Å². The lowest BCUT2D eigenvalue weighted by Crippen LogP contribution is -2.12. The quantitative estimate of drug-likeness (QED) is 0.848. The van der Waals surface area contributed by atoms with E-state index >= 15 is 0 Å². The Morgan fingerprint density at radius 1 is 0.500 bits per heavy atom. The fourth-order valence-corrected chi connectivity index (χ4v) is 6.06. The first kappa shape index (κ1) is 14.7. The van der Waals surface area contributed by atoms with Crippen molar-refractivity contribution in [2.24, 2.45) is 0 Å². The second kappa shape index (κ2) is 5.23. The van der Waals surface area contributed by atoms with E-state index in [2.05, 4.69) is 0 Å². The van der Waals surface area contributed by atoms with Crippen LogP contribution in [0.3, 0.4) is 0 Å². The van der Waals surface area contributed by atoms with Crippen molar-refractivity contribution in [1.29, 1.82) is 0 Å². The van der Waals surface area contributed by atoms with Crippen LogP contribution in [0.25, 0.3) is 9.81 Å². The van der Waals surface area contributed by atoms with Gasteiger partial charge in [0.15, 0.2) is 0 Å². The Balaban J connectivity index is 2.21. The highest BCUT2D eigenvalue weighted by atomic mass is 32.2. The zero-order chi connectivity index (χ0) is 15.8. The van der Waals surface area contributed by atoms with E-state index in [1.165, 1.54) is 0 Å². The molecule has 0 aliphatic carbocycles. The molecular formula is C16H12O4S2. The second-order valence-electron chi connectivity index (χ2n) is 4.79. The fourth-order valence-electron chi connectivity index (χ4n) is 2.21. The first-order chi connectivity index (χ1) is 10.4. The minimum atomic E-state index is -3.83. The number of benzene rings is 2. The SMILES string of the molecule is O=S1(=O)C=C(c2ccccc2)S(=O)(=O)C=C1c1ccccc1. The molecule has 0 amide bonds. The Hall–Kier alpha value is -2.18. The molecule has 3 rings (SSSR count). The van der Waals surface area contributed by atoms with Gasteiger partial charge in [-0.25, -0.2) is 16.8 Å². The van der Waals surface area contributed by atoms with Gasteiger partial charge >= 0.3 is 0 Å². The minimum Gasteiger partial charge on any atom is -0.219 e. The maximum absolute atomic E-state index is 12.4. The second-order valence-corrected chi connectivity index (χ2v) is 8.32. The molecule has 0 N–H and O–H groups in total. The number of rotatable bonds is 2. The molecule has 0 atom stereocenters. The van der Waals surface area contributed by atoms with Crippen molar-refractivity contribution >= 4 is 29.5 Å². The molecule has 0 fully saturated rings. The third-order valence-electron chi connectivity index (χ3n) is 3.25. The Morgan fingerprint density at radius 2 is 0.818 bits per heavy atom. The van der Waals surface area contributed by atoms with Gasteiger partial charge in [0.1, 0.15) is 0 Å². The standard InChI is InChI=1S/C16H12O4S2/c17-21(18)12-16(14-9-5-2-6-10-14)22(19,20)11-15(21)13-7-3-1-4-8-13/h1-12H. The van der Waals surface area contributed by atoms with Crippen LogP contribution in [0, 0.1) is 0 Å². The summed E-state index contributed by atoms with van der Waals surface area (Å²) in [6.07, 6.45) is 0. The minimum absolute atomic E-state index is 0.201. The van der Waals surface area contributed by atoms with Gasteiger partial charge in [-0.15, -0.1) is 0 Å². The van der Waals surface area contributed by atoms with Crippen molar-refractivity contribution in [3.05, 3.63) is 82.6 Å². The molecule has 6 heteroatoms. The first-order valence-corrected chi connectivity index (χ1v) is 9.54. The normalized spacial score (nSPS) is 19.1. The van der Waals surface area contributed by atoms with Crippen molar-refractivity contribution in [2.45, 2.75) is 0 Å². The lowest BCUT2D eigenvalue weighted by atomic mass is 10.2. The average Bonchev–Trinajstić information content (AvgIpc) is 2.51. The van der Waals surface area contributed by atoms with Crippen LogP contribution in [0.4, 0.5) is 0 Å². The third-order valence-corrected chi connectivity index (χ3v) is 6.58. The molecule has 0 saturated heterocycles. The summed E-state index contributed by atoms with van der Waals surface area (Å²) in [7, 11) is -7.65. The summed E-state index contributed by atoms with van der Waals surface area (Å²) in [4.78, 5) is -0.402. The molecule has 112 valence electrons. The van der Waals surface area contributed by atoms with Gasteiger partial charge in [0.05, 0.1) is 20.6 Å². The van der Waals surface area contributed by atoms with Gasteiger partial charge in [-0.1, -0.05) is 60.7 Å². The molecule has 0 radical (unpaired) electrons. The van der Waals surface area contributed by atoms with Gasteiger partial charge in [-0.2, -0.15) is 0 Å². The Morgan fingerprint density at radius 3 is 1.14 bits per heavy atom. The van der Waals surface area contributed by atoms with Gasteiger partial charge in [0.25, 0.3) is 0 Å². The van der Waals surface area contributed by atoms with Crippen LogP contribution in [0.15, 0.2) is 71.5 Å². The number of hydrogen-bond donors (Lipinski definition) is 0. The largest absolute Gasteiger partial charge is 0.219 e. The van der Waals surface area contributed by atoms with E-state index in [-0.39, 0.29) is 9.81 Å². The van der Waals surface area contributed by atoms with E-state index in [0.717, 1.165) is 10.8 Å². The van der Waals surface area contributed by atoms with Gasteiger partial charge < -0.3 is 0 Å². The molecule has 0 unspecified atom stereocenters. The van der Waals surface area contributed by atoms with Crippen molar-refractivity contribution in [1.82, 2.24) is 0 Å². The highest BCUT2D eigenvalue weighted by Gasteiger charge is 2.31. The van der Waals surface area contributed by atoms with Gasteiger partial charge in [-0.3, -0.25) is 0 Å². The van der Waals surface area contributed by atoms with Crippen molar-refractivity contribution < 1.29 is 16.8 Å². The first-order valence-electron chi connectivity index (χ1n) is 6.45.